The fraction of sp³-hybridized carbons (Fsp3) is 0.632. The molecule has 0 radical (unpaired) electrons. The highest BCUT2D eigenvalue weighted by atomic mass is 19.4. The highest BCUT2D eigenvalue weighted by Crippen LogP contribution is 2.35. The summed E-state index contributed by atoms with van der Waals surface area (Å²) in [5.74, 6) is -1.03. The number of nitrogens with zero attached hydrogens (tertiary/aromatic N) is 1. The molecular formula is C19H24F3NO6. The van der Waals surface area contributed by atoms with E-state index in [4.69, 9.17) is 28.8 Å². The van der Waals surface area contributed by atoms with Crippen LogP contribution in [0.3, 0.4) is 0 Å². The van der Waals surface area contributed by atoms with Crippen LogP contribution < -0.4 is 9.47 Å². The van der Waals surface area contributed by atoms with Crippen LogP contribution >= 0.6 is 0 Å². The minimum Gasteiger partial charge on any atom is -0.475 e. The van der Waals surface area contributed by atoms with Gasteiger partial charge in [-0.2, -0.15) is 13.2 Å². The first-order valence-corrected chi connectivity index (χ1v) is 9.35. The molecule has 162 valence electrons. The van der Waals surface area contributed by atoms with Crippen molar-refractivity contribution in [2.75, 3.05) is 27.1 Å². The summed E-state index contributed by atoms with van der Waals surface area (Å²) in [6.45, 7) is 3.10. The van der Waals surface area contributed by atoms with Crippen LogP contribution in [0.5, 0.6) is 11.5 Å². The summed E-state index contributed by atoms with van der Waals surface area (Å²) in [5, 5.41) is 7.12. The van der Waals surface area contributed by atoms with Crippen LogP contribution in [0.2, 0.25) is 0 Å². The number of hydrogen-bond acceptors (Lipinski definition) is 6. The largest absolute Gasteiger partial charge is 0.490 e. The van der Waals surface area contributed by atoms with Gasteiger partial charge in [0.05, 0.1) is 18.8 Å². The van der Waals surface area contributed by atoms with E-state index in [1.807, 2.05) is 6.07 Å². The van der Waals surface area contributed by atoms with E-state index in [-0.39, 0.29) is 6.10 Å². The summed E-state index contributed by atoms with van der Waals surface area (Å²) in [4.78, 5) is 11.4. The highest BCUT2D eigenvalue weighted by molar-refractivity contribution is 5.73. The number of hydrogen-bond donors (Lipinski definition) is 1. The molecule has 0 aliphatic carbocycles. The Morgan fingerprint density at radius 2 is 1.97 bits per heavy atom. The van der Waals surface area contributed by atoms with Gasteiger partial charge in [-0.1, -0.05) is 6.07 Å². The van der Waals surface area contributed by atoms with Crippen molar-refractivity contribution in [3.63, 3.8) is 0 Å². The molecule has 7 nitrogen and oxygen atoms in total. The lowest BCUT2D eigenvalue weighted by Gasteiger charge is -2.35. The van der Waals surface area contributed by atoms with Gasteiger partial charge in [0.2, 0.25) is 6.79 Å². The molecule has 29 heavy (non-hydrogen) atoms. The first kappa shape index (κ1) is 21.7. The monoisotopic (exact) mass is 419 g/mol. The molecule has 0 saturated carbocycles. The van der Waals surface area contributed by atoms with E-state index in [2.05, 4.69) is 17.0 Å². The second-order valence-corrected chi connectivity index (χ2v) is 7.15. The van der Waals surface area contributed by atoms with Crippen LogP contribution in [-0.2, 0) is 20.8 Å². The normalized spacial score (nSPS) is 25.9. The lowest BCUT2D eigenvalue weighted by atomic mass is 9.99. The summed E-state index contributed by atoms with van der Waals surface area (Å²) in [5.41, 5.74) is 1.28. The number of rotatable bonds is 4. The average Bonchev–Trinajstić information content (AvgIpc) is 3.28. The summed E-state index contributed by atoms with van der Waals surface area (Å²) < 4.78 is 54.0. The van der Waals surface area contributed by atoms with Crippen molar-refractivity contribution in [2.45, 2.75) is 50.2 Å². The first-order valence-electron chi connectivity index (χ1n) is 9.35. The molecule has 3 aliphatic rings. The number of ether oxygens (including phenoxy) is 4. The number of aliphatic carboxylic acids is 1. The van der Waals surface area contributed by atoms with E-state index < -0.39 is 12.1 Å². The van der Waals surface area contributed by atoms with E-state index in [1.165, 1.54) is 12.0 Å². The van der Waals surface area contributed by atoms with Crippen molar-refractivity contribution < 1.29 is 42.0 Å². The Morgan fingerprint density at radius 3 is 2.66 bits per heavy atom. The van der Waals surface area contributed by atoms with E-state index in [0.29, 0.717) is 25.5 Å². The second-order valence-electron chi connectivity index (χ2n) is 7.15. The third-order valence-corrected chi connectivity index (χ3v) is 5.17. The SMILES string of the molecule is COC[C@H]1CC[C@H]2[C@H](CCN2Cc2ccc3c(c2)OCO3)O1.O=C(O)C(F)(F)F. The Kier molecular flexibility index (Phi) is 6.86. The molecule has 0 amide bonds. The Bertz CT molecular complexity index is 714. The van der Waals surface area contributed by atoms with E-state index in [9.17, 15) is 13.2 Å². The van der Waals surface area contributed by atoms with Crippen LogP contribution in [0.4, 0.5) is 13.2 Å². The van der Waals surface area contributed by atoms with Gasteiger partial charge in [-0.15, -0.1) is 0 Å². The van der Waals surface area contributed by atoms with Gasteiger partial charge in [0.15, 0.2) is 11.5 Å². The molecule has 1 aromatic carbocycles. The fourth-order valence-corrected chi connectivity index (χ4v) is 3.86. The summed E-state index contributed by atoms with van der Waals surface area (Å²) >= 11 is 0. The molecule has 0 bridgehead atoms. The molecule has 2 fully saturated rings. The first-order chi connectivity index (χ1) is 13.8. The molecule has 3 heterocycles. The van der Waals surface area contributed by atoms with Crippen LogP contribution in [0, 0.1) is 0 Å². The molecular weight excluding hydrogens is 395 g/mol. The van der Waals surface area contributed by atoms with E-state index in [1.54, 1.807) is 7.11 Å². The predicted octanol–water partition coefficient (Wildman–Crippen LogP) is 2.82. The van der Waals surface area contributed by atoms with Crippen molar-refractivity contribution in [1.29, 1.82) is 0 Å². The third-order valence-electron chi connectivity index (χ3n) is 5.17. The van der Waals surface area contributed by atoms with E-state index in [0.717, 1.165) is 37.4 Å². The number of fused-ring (bicyclic) bond motifs is 2. The van der Waals surface area contributed by atoms with Gasteiger partial charge in [-0.25, -0.2) is 4.79 Å². The van der Waals surface area contributed by atoms with Crippen LogP contribution in [0.15, 0.2) is 18.2 Å². The Morgan fingerprint density at radius 1 is 1.24 bits per heavy atom. The quantitative estimate of drug-likeness (QED) is 0.804. The lowest BCUT2D eigenvalue weighted by molar-refractivity contribution is -0.192. The molecule has 0 unspecified atom stereocenters. The topological polar surface area (TPSA) is 77.5 Å². The van der Waals surface area contributed by atoms with Crippen molar-refractivity contribution in [3.05, 3.63) is 23.8 Å². The van der Waals surface area contributed by atoms with Gasteiger partial charge in [0, 0.05) is 26.2 Å². The Labute approximate surface area is 166 Å². The number of halogens is 3. The molecule has 1 N–H and O–H groups in total. The standard InChI is InChI=1S/C17H23NO4.C2HF3O2/c1-19-10-13-3-4-14-15(22-13)6-7-18(14)9-12-2-5-16-17(8-12)21-11-20-16;3-2(4,5)1(6)7/h2,5,8,13-15H,3-4,6-7,9-11H2,1H3;(H,6,7)/t13-,14+,15+;/m1./s1. The minimum absolute atomic E-state index is 0.275. The van der Waals surface area contributed by atoms with Gasteiger partial charge in [0.25, 0.3) is 0 Å². The smallest absolute Gasteiger partial charge is 0.475 e. The summed E-state index contributed by atoms with van der Waals surface area (Å²) in [7, 11) is 1.75. The van der Waals surface area contributed by atoms with Gasteiger partial charge in [-0.05, 0) is 37.0 Å². The molecule has 0 aromatic heterocycles. The maximum Gasteiger partial charge on any atom is 0.490 e. The number of carbonyl (C=O) groups is 1. The summed E-state index contributed by atoms with van der Waals surface area (Å²) in [6, 6.07) is 6.79. The molecule has 0 spiro atoms. The minimum atomic E-state index is -5.08. The number of carboxylic acids is 1. The zero-order valence-corrected chi connectivity index (χ0v) is 16.0. The zero-order valence-electron chi connectivity index (χ0n) is 16.0. The second kappa shape index (κ2) is 9.19. The molecule has 4 rings (SSSR count). The summed E-state index contributed by atoms with van der Waals surface area (Å²) in [6.07, 6.45) is -1.04. The molecule has 10 heteroatoms. The number of alkyl halides is 3. The highest BCUT2D eigenvalue weighted by Gasteiger charge is 2.40. The van der Waals surface area contributed by atoms with Gasteiger partial charge >= 0.3 is 12.1 Å². The van der Waals surface area contributed by atoms with E-state index >= 15 is 0 Å². The van der Waals surface area contributed by atoms with Gasteiger partial charge in [0.1, 0.15) is 0 Å². The molecule has 3 atom stereocenters. The molecule has 2 saturated heterocycles. The van der Waals surface area contributed by atoms with Crippen LogP contribution in [0.1, 0.15) is 24.8 Å². The van der Waals surface area contributed by atoms with Crippen LogP contribution in [0.25, 0.3) is 0 Å². The van der Waals surface area contributed by atoms with Crippen molar-refractivity contribution in [3.8, 4) is 11.5 Å². The van der Waals surface area contributed by atoms with Crippen molar-refractivity contribution in [2.24, 2.45) is 0 Å². The molecule has 1 aromatic rings. The Hall–Kier alpha value is -2.04. The predicted molar refractivity (Wildman–Crippen MR) is 94.8 cm³/mol. The van der Waals surface area contributed by atoms with Crippen molar-refractivity contribution >= 4 is 5.97 Å². The average molecular weight is 419 g/mol. The fourth-order valence-electron chi connectivity index (χ4n) is 3.86. The lowest BCUT2D eigenvalue weighted by Crippen LogP contribution is -2.43. The van der Waals surface area contributed by atoms with Gasteiger partial charge < -0.3 is 24.1 Å². The maximum atomic E-state index is 10.6. The number of benzene rings is 1. The Balaban J connectivity index is 0.000000298. The number of likely N-dealkylation sites (tertiary alicyclic amines) is 1. The third kappa shape index (κ3) is 5.52. The molecule has 3 aliphatic heterocycles. The zero-order chi connectivity index (χ0) is 21.0. The maximum absolute atomic E-state index is 10.6. The number of methoxy groups -OCH3 is 1. The van der Waals surface area contributed by atoms with Gasteiger partial charge in [-0.3, -0.25) is 4.90 Å². The van der Waals surface area contributed by atoms with Crippen LogP contribution in [-0.4, -0.2) is 67.5 Å². The number of carboxylic acid groups (broad SMARTS) is 1. The van der Waals surface area contributed by atoms with Crippen molar-refractivity contribution in [1.82, 2.24) is 4.90 Å².